The topological polar surface area (TPSA) is 87.0 Å². The van der Waals surface area contributed by atoms with Crippen molar-refractivity contribution < 1.29 is 24.2 Å². The van der Waals surface area contributed by atoms with E-state index < -0.39 is 13.9 Å². The lowest BCUT2D eigenvalue weighted by Gasteiger charge is -2.18. The number of benzene rings is 2. The molecule has 0 saturated carbocycles. The van der Waals surface area contributed by atoms with E-state index in [1.807, 2.05) is 12.1 Å². The number of halogens is 1. The van der Waals surface area contributed by atoms with Crippen LogP contribution >= 0.6 is 23.5 Å². The van der Waals surface area contributed by atoms with Gasteiger partial charge in [-0.2, -0.15) is 0 Å². The predicted molar refractivity (Wildman–Crippen MR) is 104 cm³/mol. The van der Waals surface area contributed by atoms with E-state index in [-0.39, 0.29) is 11.8 Å². The minimum atomic E-state index is -4.21. The Bertz CT molecular complexity index is 874. The van der Waals surface area contributed by atoms with Crippen molar-refractivity contribution in [1.29, 1.82) is 0 Å². The van der Waals surface area contributed by atoms with Gasteiger partial charge in [0, 0.05) is 10.4 Å². The molecule has 0 spiro atoms. The third-order valence-electron chi connectivity index (χ3n) is 4.71. The van der Waals surface area contributed by atoms with Gasteiger partial charge in [-0.25, -0.2) is 0 Å². The van der Waals surface area contributed by atoms with Gasteiger partial charge < -0.3 is 19.6 Å². The van der Waals surface area contributed by atoms with Gasteiger partial charge in [0.1, 0.15) is 11.5 Å². The highest BCUT2D eigenvalue weighted by atomic mass is 79.9. The second-order valence-electron chi connectivity index (χ2n) is 6.98. The van der Waals surface area contributed by atoms with Gasteiger partial charge in [-0.15, -0.1) is 0 Å². The van der Waals surface area contributed by atoms with Crippen molar-refractivity contribution in [3.8, 4) is 11.5 Å². The Morgan fingerprint density at radius 2 is 2.00 bits per heavy atom. The van der Waals surface area contributed by atoms with Gasteiger partial charge in [0.2, 0.25) is 0 Å². The Morgan fingerprint density at radius 3 is 2.65 bits per heavy atom. The number of phenols is 1. The summed E-state index contributed by atoms with van der Waals surface area (Å²) in [5, 5.41) is 10.1. The number of fused-ring (bicyclic) bond motifs is 1. The summed E-state index contributed by atoms with van der Waals surface area (Å²) in [4.78, 5) is 18.0. The van der Waals surface area contributed by atoms with Crippen LogP contribution in [0.25, 0.3) is 0 Å². The number of phenolic OH excluding ortho intramolecular Hbond substituents is 1. The second kappa shape index (κ2) is 7.35. The Morgan fingerprint density at radius 1 is 1.27 bits per heavy atom. The standard InChI is InChI=1S/C19H22BrO5P/c1-11(2)16-8-12(4-6-18(16)21)15-5-3-13-7-14(9-17(20)19(13)15)25-10-26(22,23)24/h4,6-9,11,15,21H,3,5,10H2,1-2H3,(H2,22,23,24)/t15-/m1/s1. The van der Waals surface area contributed by atoms with Crippen LogP contribution < -0.4 is 4.74 Å². The first-order valence-corrected chi connectivity index (χ1v) is 11.1. The van der Waals surface area contributed by atoms with Crippen LogP contribution in [0.4, 0.5) is 0 Å². The van der Waals surface area contributed by atoms with Crippen molar-refractivity contribution >= 4 is 23.5 Å². The van der Waals surface area contributed by atoms with Gasteiger partial charge >= 0.3 is 7.60 Å². The van der Waals surface area contributed by atoms with E-state index in [1.165, 1.54) is 5.56 Å². The number of hydrogen-bond acceptors (Lipinski definition) is 3. The van der Waals surface area contributed by atoms with Gasteiger partial charge in [0.05, 0.1) is 0 Å². The fourth-order valence-corrected chi connectivity index (χ4v) is 4.59. The minimum absolute atomic E-state index is 0.216. The minimum Gasteiger partial charge on any atom is -0.508 e. The van der Waals surface area contributed by atoms with Crippen LogP contribution in [-0.2, 0) is 11.0 Å². The highest BCUT2D eigenvalue weighted by molar-refractivity contribution is 9.10. The Balaban J connectivity index is 1.92. The zero-order chi connectivity index (χ0) is 19.1. The smallest absolute Gasteiger partial charge is 0.362 e. The third-order valence-corrected chi connectivity index (χ3v) is 5.84. The van der Waals surface area contributed by atoms with Gasteiger partial charge in [-0.3, -0.25) is 4.57 Å². The zero-order valence-corrected chi connectivity index (χ0v) is 17.1. The van der Waals surface area contributed by atoms with Gasteiger partial charge in [-0.1, -0.05) is 41.9 Å². The molecule has 0 aliphatic heterocycles. The maximum absolute atomic E-state index is 11.0. The highest BCUT2D eigenvalue weighted by Gasteiger charge is 2.28. The molecule has 0 saturated heterocycles. The molecule has 0 unspecified atom stereocenters. The molecule has 26 heavy (non-hydrogen) atoms. The average Bonchev–Trinajstić information content (AvgIpc) is 2.97. The molecular formula is C19H22BrO5P. The molecule has 1 aliphatic carbocycles. The van der Waals surface area contributed by atoms with Crippen LogP contribution in [-0.4, -0.2) is 21.2 Å². The van der Waals surface area contributed by atoms with Crippen LogP contribution in [0.15, 0.2) is 34.8 Å². The van der Waals surface area contributed by atoms with E-state index in [4.69, 9.17) is 14.5 Å². The molecule has 2 aromatic carbocycles. The quantitative estimate of drug-likeness (QED) is 0.577. The first-order valence-electron chi connectivity index (χ1n) is 8.48. The van der Waals surface area contributed by atoms with Crippen LogP contribution in [0, 0.1) is 0 Å². The highest BCUT2D eigenvalue weighted by Crippen LogP contribution is 2.45. The second-order valence-corrected chi connectivity index (χ2v) is 9.42. The van der Waals surface area contributed by atoms with Crippen molar-refractivity contribution in [2.75, 3.05) is 6.35 Å². The number of hydrogen-bond donors (Lipinski definition) is 3. The van der Waals surface area contributed by atoms with Crippen LogP contribution in [0.2, 0.25) is 0 Å². The maximum Gasteiger partial charge on any atom is 0.362 e. The summed E-state index contributed by atoms with van der Waals surface area (Å²) in [6.45, 7) is 4.12. The molecule has 7 heteroatoms. The summed E-state index contributed by atoms with van der Waals surface area (Å²) < 4.78 is 17.1. The first kappa shape index (κ1) is 19.4. The molecule has 0 amide bonds. The molecule has 0 radical (unpaired) electrons. The van der Waals surface area contributed by atoms with E-state index >= 15 is 0 Å². The maximum atomic E-state index is 11.0. The lowest BCUT2D eigenvalue weighted by Crippen LogP contribution is -2.01. The molecule has 3 rings (SSSR count). The van der Waals surface area contributed by atoms with E-state index in [0.717, 1.165) is 34.0 Å². The Kier molecular flexibility index (Phi) is 5.50. The summed E-state index contributed by atoms with van der Waals surface area (Å²) in [6.07, 6.45) is 1.18. The zero-order valence-electron chi connectivity index (χ0n) is 14.6. The fraction of sp³-hybridized carbons (Fsp3) is 0.368. The number of aromatic hydroxyl groups is 1. The number of ether oxygens (including phenoxy) is 1. The molecule has 5 nitrogen and oxygen atoms in total. The van der Waals surface area contributed by atoms with E-state index in [2.05, 4.69) is 35.8 Å². The van der Waals surface area contributed by atoms with E-state index in [1.54, 1.807) is 12.1 Å². The van der Waals surface area contributed by atoms with Crippen LogP contribution in [0.3, 0.4) is 0 Å². The lowest BCUT2D eigenvalue weighted by molar-refractivity contribution is 0.300. The molecule has 1 atom stereocenters. The first-order chi connectivity index (χ1) is 12.2. The van der Waals surface area contributed by atoms with Crippen LogP contribution in [0.5, 0.6) is 11.5 Å². The Labute approximate surface area is 161 Å². The summed E-state index contributed by atoms with van der Waals surface area (Å²) in [5.74, 6) is 1.23. The predicted octanol–water partition coefficient (Wildman–Crippen LogP) is 4.87. The number of rotatable bonds is 5. The molecule has 0 heterocycles. The molecule has 140 valence electrons. The van der Waals surface area contributed by atoms with Crippen molar-refractivity contribution in [1.82, 2.24) is 0 Å². The molecule has 1 aliphatic rings. The van der Waals surface area contributed by atoms with Crippen LogP contribution in [0.1, 0.15) is 54.4 Å². The third kappa shape index (κ3) is 4.15. The summed E-state index contributed by atoms with van der Waals surface area (Å²) in [5.41, 5.74) is 4.39. The average molecular weight is 441 g/mol. The summed E-state index contributed by atoms with van der Waals surface area (Å²) >= 11 is 3.59. The molecular weight excluding hydrogens is 419 g/mol. The fourth-order valence-electron chi connectivity index (χ4n) is 3.52. The largest absolute Gasteiger partial charge is 0.508 e. The van der Waals surface area contributed by atoms with Crippen molar-refractivity contribution in [3.63, 3.8) is 0 Å². The van der Waals surface area contributed by atoms with Gasteiger partial charge in [-0.05, 0) is 59.2 Å². The molecule has 2 aromatic rings. The molecule has 0 fully saturated rings. The van der Waals surface area contributed by atoms with Gasteiger partial charge in [0.15, 0.2) is 6.35 Å². The molecule has 3 N–H and O–H groups in total. The van der Waals surface area contributed by atoms with Crippen molar-refractivity contribution in [2.24, 2.45) is 0 Å². The van der Waals surface area contributed by atoms with Crippen molar-refractivity contribution in [2.45, 2.75) is 38.5 Å². The lowest BCUT2D eigenvalue weighted by atomic mass is 9.89. The monoisotopic (exact) mass is 440 g/mol. The Hall–Kier alpha value is -1.33. The normalized spacial score (nSPS) is 16.8. The molecule has 0 aromatic heterocycles. The summed E-state index contributed by atoms with van der Waals surface area (Å²) in [6, 6.07) is 9.42. The SMILES string of the molecule is CC(C)c1cc([C@H]2CCc3cc(OCP(=O)(O)O)cc(Br)c32)ccc1O. The van der Waals surface area contributed by atoms with E-state index in [9.17, 15) is 9.67 Å². The van der Waals surface area contributed by atoms with Crippen molar-refractivity contribution in [3.05, 3.63) is 57.1 Å². The molecule has 0 bridgehead atoms. The van der Waals surface area contributed by atoms with Gasteiger partial charge in [0.25, 0.3) is 0 Å². The summed E-state index contributed by atoms with van der Waals surface area (Å²) in [7, 11) is -4.21. The van der Waals surface area contributed by atoms with E-state index in [0.29, 0.717) is 11.5 Å². The number of aryl methyl sites for hydroxylation is 1.